The summed E-state index contributed by atoms with van der Waals surface area (Å²) in [4.78, 5) is 15.3. The van der Waals surface area contributed by atoms with Crippen molar-refractivity contribution >= 4 is 75.9 Å². The topological polar surface area (TPSA) is 48.5 Å². The van der Waals surface area contributed by atoms with Crippen molar-refractivity contribution in [3.63, 3.8) is 0 Å². The van der Waals surface area contributed by atoms with Crippen molar-refractivity contribution in [2.24, 2.45) is 0 Å². The Kier molecular flexibility index (Phi) is 7.54. The van der Waals surface area contributed by atoms with E-state index in [1.54, 1.807) is 0 Å². The first-order valence-corrected chi connectivity index (χ1v) is 21.0. The number of para-hydroxylation sites is 1. The maximum absolute atomic E-state index is 5.15. The highest BCUT2D eigenvalue weighted by molar-refractivity contribution is 6.26. The summed E-state index contributed by atoms with van der Waals surface area (Å²) >= 11 is 0. The zero-order valence-corrected chi connectivity index (χ0v) is 33.4. The fourth-order valence-electron chi connectivity index (χ4n) is 9.77. The molecule has 0 radical (unpaired) electrons. The number of hydrogen-bond acceptors (Lipinski definition) is 3. The Hall–Kier alpha value is -8.41. The van der Waals surface area contributed by atoms with Gasteiger partial charge in [-0.05, 0) is 64.0 Å². The first kappa shape index (κ1) is 34.5. The molecule has 62 heavy (non-hydrogen) atoms. The monoisotopic (exact) mass is 789 g/mol. The van der Waals surface area contributed by atoms with Crippen molar-refractivity contribution in [1.29, 1.82) is 0 Å². The molecule has 3 heterocycles. The number of rotatable bonds is 5. The molecule has 13 rings (SSSR count). The molecule has 288 valence electrons. The summed E-state index contributed by atoms with van der Waals surface area (Å²) in [6, 6.07) is 75.8. The Bertz CT molecular complexity index is 3860. The lowest BCUT2D eigenvalue weighted by atomic mass is 10.0. The molecule has 0 bridgehead atoms. The first-order valence-electron chi connectivity index (χ1n) is 21.0. The lowest BCUT2D eigenvalue weighted by Gasteiger charge is -2.15. The summed E-state index contributed by atoms with van der Waals surface area (Å²) in [6.45, 7) is 0. The van der Waals surface area contributed by atoms with Crippen LogP contribution in [0.15, 0.2) is 212 Å². The van der Waals surface area contributed by atoms with Crippen LogP contribution in [-0.4, -0.2) is 24.1 Å². The van der Waals surface area contributed by atoms with E-state index >= 15 is 0 Å². The van der Waals surface area contributed by atoms with Crippen LogP contribution < -0.4 is 0 Å². The second-order valence-corrected chi connectivity index (χ2v) is 16.0. The van der Waals surface area contributed by atoms with Crippen LogP contribution >= 0.6 is 0 Å². The minimum Gasteiger partial charge on any atom is -0.309 e. The summed E-state index contributed by atoms with van der Waals surface area (Å²) in [7, 11) is 0. The van der Waals surface area contributed by atoms with Gasteiger partial charge in [0.15, 0.2) is 17.5 Å². The Labute approximate surface area is 356 Å². The van der Waals surface area contributed by atoms with Crippen LogP contribution in [0.25, 0.3) is 121 Å². The molecule has 0 aliphatic rings. The molecule has 0 N–H and O–H groups in total. The quantitative estimate of drug-likeness (QED) is 0.174. The van der Waals surface area contributed by atoms with Gasteiger partial charge in [0, 0.05) is 49.0 Å². The van der Waals surface area contributed by atoms with Gasteiger partial charge in [0.25, 0.3) is 0 Å². The normalized spacial score (nSPS) is 11.9. The maximum Gasteiger partial charge on any atom is 0.164 e. The molecule has 13 aromatic rings. The molecular formula is C57H35N5. The molecule has 0 aliphatic heterocycles. The van der Waals surface area contributed by atoms with Gasteiger partial charge in [0.1, 0.15) is 0 Å². The third-order valence-corrected chi connectivity index (χ3v) is 12.5. The van der Waals surface area contributed by atoms with E-state index in [1.807, 2.05) is 36.4 Å². The predicted octanol–water partition coefficient (Wildman–Crippen LogP) is 14.5. The lowest BCUT2D eigenvalue weighted by Crippen LogP contribution is -2.02. The average molecular weight is 790 g/mol. The van der Waals surface area contributed by atoms with Gasteiger partial charge >= 0.3 is 0 Å². The van der Waals surface area contributed by atoms with Crippen molar-refractivity contribution < 1.29 is 0 Å². The largest absolute Gasteiger partial charge is 0.309 e. The van der Waals surface area contributed by atoms with Crippen molar-refractivity contribution in [1.82, 2.24) is 24.1 Å². The van der Waals surface area contributed by atoms with Crippen molar-refractivity contribution in [2.45, 2.75) is 0 Å². The van der Waals surface area contributed by atoms with Gasteiger partial charge in [0.05, 0.1) is 33.4 Å². The smallest absolute Gasteiger partial charge is 0.164 e. The van der Waals surface area contributed by atoms with Gasteiger partial charge < -0.3 is 9.13 Å². The lowest BCUT2D eigenvalue weighted by molar-refractivity contribution is 1.08. The highest BCUT2D eigenvalue weighted by Crippen LogP contribution is 2.44. The SMILES string of the molecule is c1ccc(-c2nc(-c3ccccc3)nc(-c3ccc(-n4c5ccccc5c5cc6c7c8ccccc8ccc7n(-c7cccc8ccccc78)c6cc54)c4ccccc34)n2)cc1. The number of fused-ring (bicyclic) bond motifs is 10. The second-order valence-electron chi connectivity index (χ2n) is 16.0. The Morgan fingerprint density at radius 2 is 0.806 bits per heavy atom. The first-order chi connectivity index (χ1) is 30.8. The molecule has 0 unspecified atom stereocenters. The molecule has 5 heteroatoms. The minimum atomic E-state index is 0.635. The van der Waals surface area contributed by atoms with Gasteiger partial charge in [-0.25, -0.2) is 15.0 Å². The van der Waals surface area contributed by atoms with E-state index in [4.69, 9.17) is 15.0 Å². The third-order valence-electron chi connectivity index (χ3n) is 12.5. The average Bonchev–Trinajstić information content (AvgIpc) is 3.85. The van der Waals surface area contributed by atoms with Crippen LogP contribution in [0.5, 0.6) is 0 Å². The van der Waals surface area contributed by atoms with Gasteiger partial charge in [-0.15, -0.1) is 0 Å². The molecule has 0 spiro atoms. The van der Waals surface area contributed by atoms with E-state index in [9.17, 15) is 0 Å². The van der Waals surface area contributed by atoms with Gasteiger partial charge in [0.2, 0.25) is 0 Å². The molecule has 5 nitrogen and oxygen atoms in total. The van der Waals surface area contributed by atoms with E-state index in [1.165, 1.54) is 48.6 Å². The van der Waals surface area contributed by atoms with Crippen molar-refractivity contribution in [3.8, 4) is 45.5 Å². The van der Waals surface area contributed by atoms with Crippen LogP contribution in [0.2, 0.25) is 0 Å². The summed E-state index contributed by atoms with van der Waals surface area (Å²) in [6.07, 6.45) is 0. The van der Waals surface area contributed by atoms with E-state index in [2.05, 4.69) is 185 Å². The number of benzene rings is 10. The molecule has 0 aliphatic carbocycles. The summed E-state index contributed by atoms with van der Waals surface area (Å²) in [5.74, 6) is 1.92. The number of hydrogen-bond donors (Lipinski definition) is 0. The van der Waals surface area contributed by atoms with E-state index in [0.717, 1.165) is 55.4 Å². The highest BCUT2D eigenvalue weighted by Gasteiger charge is 2.22. The highest BCUT2D eigenvalue weighted by atomic mass is 15.0. The molecule has 3 aromatic heterocycles. The molecule has 0 saturated heterocycles. The predicted molar refractivity (Wildman–Crippen MR) is 257 cm³/mol. The van der Waals surface area contributed by atoms with Crippen LogP contribution in [0.4, 0.5) is 0 Å². The van der Waals surface area contributed by atoms with E-state index in [-0.39, 0.29) is 0 Å². The van der Waals surface area contributed by atoms with Crippen molar-refractivity contribution in [2.75, 3.05) is 0 Å². The molecule has 0 saturated carbocycles. The zero-order valence-electron chi connectivity index (χ0n) is 33.4. The van der Waals surface area contributed by atoms with Crippen LogP contribution in [0, 0.1) is 0 Å². The molecule has 0 amide bonds. The van der Waals surface area contributed by atoms with Crippen LogP contribution in [-0.2, 0) is 0 Å². The fourth-order valence-corrected chi connectivity index (χ4v) is 9.77. The molecular weight excluding hydrogens is 755 g/mol. The summed E-state index contributed by atoms with van der Waals surface area (Å²) in [5.41, 5.74) is 9.74. The van der Waals surface area contributed by atoms with Crippen LogP contribution in [0.1, 0.15) is 0 Å². The zero-order chi connectivity index (χ0) is 40.7. The fraction of sp³-hybridized carbons (Fsp3) is 0. The Morgan fingerprint density at radius 3 is 1.55 bits per heavy atom. The second kappa shape index (κ2) is 13.6. The van der Waals surface area contributed by atoms with Gasteiger partial charge in [-0.1, -0.05) is 170 Å². The van der Waals surface area contributed by atoms with Crippen molar-refractivity contribution in [3.05, 3.63) is 212 Å². The van der Waals surface area contributed by atoms with Gasteiger partial charge in [-0.3, -0.25) is 0 Å². The van der Waals surface area contributed by atoms with E-state index in [0.29, 0.717) is 17.5 Å². The van der Waals surface area contributed by atoms with Gasteiger partial charge in [-0.2, -0.15) is 0 Å². The summed E-state index contributed by atoms with van der Waals surface area (Å²) < 4.78 is 4.94. The summed E-state index contributed by atoms with van der Waals surface area (Å²) in [5, 5.41) is 12.0. The Morgan fingerprint density at radius 1 is 0.274 bits per heavy atom. The number of aromatic nitrogens is 5. The maximum atomic E-state index is 5.15. The molecule has 0 atom stereocenters. The third kappa shape index (κ3) is 5.18. The molecule has 0 fully saturated rings. The van der Waals surface area contributed by atoms with E-state index < -0.39 is 0 Å². The standard InChI is InChI=1S/C57H35N5/c1-3-18-38(19-4-1)55-58-56(39-20-5-2-6-21-39)60-57(59-55)45-31-33-50(43-26-12-11-25-42(43)45)61-49-28-14-13-27-44(49)46-34-47-53(35-52(46)61)62(48-29-15-22-36-16-7-9-23-40(36)48)51-32-30-37-17-8-10-24-41(37)54(47)51/h1-35H. The number of nitrogens with zero attached hydrogens (tertiary/aromatic N) is 5. The Balaban J connectivity index is 1.11. The molecule has 10 aromatic carbocycles. The van der Waals surface area contributed by atoms with Crippen LogP contribution in [0.3, 0.4) is 0 Å². The minimum absolute atomic E-state index is 0.635.